The van der Waals surface area contributed by atoms with Gasteiger partial charge >= 0.3 is 0 Å². The first-order valence-electron chi connectivity index (χ1n) is 6.49. The number of ether oxygens (including phenoxy) is 1. The predicted molar refractivity (Wildman–Crippen MR) is 75.9 cm³/mol. The van der Waals surface area contributed by atoms with Crippen LogP contribution < -0.4 is 4.74 Å². The third-order valence-electron chi connectivity index (χ3n) is 3.11. The van der Waals surface area contributed by atoms with Crippen LogP contribution in [0.1, 0.15) is 23.0 Å². The number of fused-ring (bicyclic) bond motifs is 1. The second kappa shape index (κ2) is 5.36. The first kappa shape index (κ1) is 13.3. The van der Waals surface area contributed by atoms with Crippen molar-refractivity contribution in [2.45, 2.75) is 13.5 Å². The largest absolute Gasteiger partial charge is 0.486 e. The summed E-state index contributed by atoms with van der Waals surface area (Å²) in [6, 6.07) is 10.0. The zero-order chi connectivity index (χ0) is 14.8. The number of carbonyl (C=O) groups excluding carboxylic acids is 1. The molecule has 0 saturated heterocycles. The van der Waals surface area contributed by atoms with Gasteiger partial charge in [0.2, 0.25) is 0 Å². The number of hydrogen-bond donors (Lipinski definition) is 0. The Balaban J connectivity index is 1.82. The number of aromatic nitrogens is 2. The van der Waals surface area contributed by atoms with Crippen LogP contribution >= 0.6 is 0 Å². The fourth-order valence-electron chi connectivity index (χ4n) is 2.12. The van der Waals surface area contributed by atoms with E-state index < -0.39 is 0 Å². The SMILES string of the molecule is CC(=O)c1ccccc1OCc1cn2cc(F)ccc2n1. The first-order valence-corrected chi connectivity index (χ1v) is 6.49. The maximum atomic E-state index is 13.1. The summed E-state index contributed by atoms with van der Waals surface area (Å²) >= 11 is 0. The van der Waals surface area contributed by atoms with Crippen LogP contribution in [0.3, 0.4) is 0 Å². The summed E-state index contributed by atoms with van der Waals surface area (Å²) in [6.45, 7) is 1.71. The van der Waals surface area contributed by atoms with E-state index in [1.807, 2.05) is 0 Å². The Morgan fingerprint density at radius 3 is 2.86 bits per heavy atom. The number of Topliss-reactive ketones (excluding diaryl/α,β-unsaturated/α-hetero) is 1. The highest BCUT2D eigenvalue weighted by Crippen LogP contribution is 2.19. The number of halogens is 1. The second-order valence-electron chi connectivity index (χ2n) is 4.69. The van der Waals surface area contributed by atoms with Crippen LogP contribution in [0.2, 0.25) is 0 Å². The van der Waals surface area contributed by atoms with E-state index in [-0.39, 0.29) is 18.2 Å². The van der Waals surface area contributed by atoms with Gasteiger partial charge in [0.05, 0.1) is 11.3 Å². The molecule has 5 heteroatoms. The fourth-order valence-corrected chi connectivity index (χ4v) is 2.12. The van der Waals surface area contributed by atoms with Crippen molar-refractivity contribution in [3.63, 3.8) is 0 Å². The van der Waals surface area contributed by atoms with Gasteiger partial charge in [-0.25, -0.2) is 9.37 Å². The smallest absolute Gasteiger partial charge is 0.163 e. The number of imidazole rings is 1. The maximum Gasteiger partial charge on any atom is 0.163 e. The number of para-hydroxylation sites is 1. The highest BCUT2D eigenvalue weighted by Gasteiger charge is 2.09. The summed E-state index contributed by atoms with van der Waals surface area (Å²) in [6.07, 6.45) is 3.06. The van der Waals surface area contributed by atoms with Gasteiger partial charge in [0.1, 0.15) is 23.8 Å². The molecule has 106 valence electrons. The van der Waals surface area contributed by atoms with Crippen molar-refractivity contribution < 1.29 is 13.9 Å². The van der Waals surface area contributed by atoms with Gasteiger partial charge in [-0.05, 0) is 31.2 Å². The predicted octanol–water partition coefficient (Wildman–Crippen LogP) is 3.26. The van der Waals surface area contributed by atoms with Gasteiger partial charge in [-0.15, -0.1) is 0 Å². The van der Waals surface area contributed by atoms with Crippen molar-refractivity contribution in [1.29, 1.82) is 0 Å². The molecule has 1 aromatic carbocycles. The zero-order valence-corrected chi connectivity index (χ0v) is 11.4. The molecule has 0 saturated carbocycles. The van der Waals surface area contributed by atoms with E-state index >= 15 is 0 Å². The molecular weight excluding hydrogens is 271 g/mol. The van der Waals surface area contributed by atoms with Crippen molar-refractivity contribution in [1.82, 2.24) is 9.38 Å². The number of benzene rings is 1. The topological polar surface area (TPSA) is 43.6 Å². The van der Waals surface area contributed by atoms with Gasteiger partial charge in [0.25, 0.3) is 0 Å². The van der Waals surface area contributed by atoms with E-state index in [2.05, 4.69) is 4.98 Å². The number of nitrogens with zero attached hydrogens (tertiary/aromatic N) is 2. The molecule has 21 heavy (non-hydrogen) atoms. The first-order chi connectivity index (χ1) is 10.1. The average Bonchev–Trinajstić information content (AvgIpc) is 2.87. The molecule has 0 radical (unpaired) electrons. The molecule has 2 aromatic heterocycles. The van der Waals surface area contributed by atoms with Crippen molar-refractivity contribution in [3.8, 4) is 5.75 Å². The summed E-state index contributed by atoms with van der Waals surface area (Å²) in [7, 11) is 0. The van der Waals surface area contributed by atoms with Crippen molar-refractivity contribution in [2.24, 2.45) is 0 Å². The summed E-state index contributed by atoms with van der Waals surface area (Å²) in [4.78, 5) is 15.8. The average molecular weight is 284 g/mol. The Morgan fingerprint density at radius 2 is 2.05 bits per heavy atom. The van der Waals surface area contributed by atoms with E-state index in [0.717, 1.165) is 0 Å². The minimum absolute atomic E-state index is 0.0531. The molecule has 0 spiro atoms. The Labute approximate surface area is 120 Å². The Morgan fingerprint density at radius 1 is 1.24 bits per heavy atom. The van der Waals surface area contributed by atoms with Crippen LogP contribution in [-0.4, -0.2) is 15.2 Å². The Bertz CT molecular complexity index is 811. The van der Waals surface area contributed by atoms with Crippen molar-refractivity contribution >= 4 is 11.4 Å². The molecule has 0 bridgehead atoms. The van der Waals surface area contributed by atoms with Crippen LogP contribution in [0.25, 0.3) is 5.65 Å². The summed E-state index contributed by atoms with van der Waals surface area (Å²) in [5, 5.41) is 0. The van der Waals surface area contributed by atoms with Crippen LogP contribution in [0.4, 0.5) is 4.39 Å². The number of hydrogen-bond acceptors (Lipinski definition) is 3. The lowest BCUT2D eigenvalue weighted by atomic mass is 10.1. The van der Waals surface area contributed by atoms with E-state index in [0.29, 0.717) is 22.7 Å². The number of pyridine rings is 1. The molecule has 0 amide bonds. The molecule has 0 aliphatic heterocycles. The van der Waals surface area contributed by atoms with Gasteiger partial charge < -0.3 is 9.14 Å². The molecule has 0 fully saturated rings. The Kier molecular flexibility index (Phi) is 3.39. The molecule has 2 heterocycles. The molecule has 0 aliphatic rings. The van der Waals surface area contributed by atoms with E-state index in [4.69, 9.17) is 4.74 Å². The fraction of sp³-hybridized carbons (Fsp3) is 0.125. The normalized spacial score (nSPS) is 10.8. The van der Waals surface area contributed by atoms with Gasteiger partial charge in [-0.3, -0.25) is 4.79 Å². The van der Waals surface area contributed by atoms with E-state index in [9.17, 15) is 9.18 Å². The number of ketones is 1. The van der Waals surface area contributed by atoms with E-state index in [1.54, 1.807) is 40.9 Å². The highest BCUT2D eigenvalue weighted by molar-refractivity contribution is 5.96. The van der Waals surface area contributed by atoms with Gasteiger partial charge in [0.15, 0.2) is 5.78 Å². The van der Waals surface area contributed by atoms with Gasteiger partial charge in [0, 0.05) is 12.4 Å². The number of rotatable bonds is 4. The molecule has 0 atom stereocenters. The molecule has 3 aromatic rings. The van der Waals surface area contributed by atoms with E-state index in [1.165, 1.54) is 19.2 Å². The zero-order valence-electron chi connectivity index (χ0n) is 11.4. The van der Waals surface area contributed by atoms with Crippen LogP contribution in [0.15, 0.2) is 48.8 Å². The summed E-state index contributed by atoms with van der Waals surface area (Å²) < 4.78 is 20.4. The third kappa shape index (κ3) is 2.76. The summed E-state index contributed by atoms with van der Waals surface area (Å²) in [5.41, 5.74) is 1.85. The standard InChI is InChI=1S/C16H13FN2O2/c1-11(20)14-4-2-3-5-15(14)21-10-13-9-19-8-12(17)6-7-16(19)18-13/h2-9H,10H2,1H3. The second-order valence-corrected chi connectivity index (χ2v) is 4.69. The molecule has 0 aliphatic carbocycles. The third-order valence-corrected chi connectivity index (χ3v) is 3.11. The lowest BCUT2D eigenvalue weighted by Crippen LogP contribution is -2.01. The van der Waals surface area contributed by atoms with Crippen molar-refractivity contribution in [3.05, 3.63) is 65.9 Å². The quantitative estimate of drug-likeness (QED) is 0.691. The number of carbonyl (C=O) groups is 1. The Hall–Kier alpha value is -2.69. The molecule has 4 nitrogen and oxygen atoms in total. The minimum Gasteiger partial charge on any atom is -0.486 e. The lowest BCUT2D eigenvalue weighted by Gasteiger charge is -2.07. The molecule has 3 rings (SSSR count). The van der Waals surface area contributed by atoms with Gasteiger partial charge in [-0.1, -0.05) is 12.1 Å². The highest BCUT2D eigenvalue weighted by atomic mass is 19.1. The minimum atomic E-state index is -0.325. The van der Waals surface area contributed by atoms with Crippen molar-refractivity contribution in [2.75, 3.05) is 0 Å². The van der Waals surface area contributed by atoms with Crippen LogP contribution in [0, 0.1) is 5.82 Å². The molecular formula is C16H13FN2O2. The molecule has 0 unspecified atom stereocenters. The van der Waals surface area contributed by atoms with Crippen LogP contribution in [-0.2, 0) is 6.61 Å². The summed E-state index contributed by atoms with van der Waals surface area (Å²) in [5.74, 6) is 0.144. The lowest BCUT2D eigenvalue weighted by molar-refractivity contribution is 0.101. The monoisotopic (exact) mass is 284 g/mol. The maximum absolute atomic E-state index is 13.1. The van der Waals surface area contributed by atoms with Crippen LogP contribution in [0.5, 0.6) is 5.75 Å². The molecule has 0 N–H and O–H groups in total. The van der Waals surface area contributed by atoms with Gasteiger partial charge in [-0.2, -0.15) is 0 Å².